The number of nitro benzene ring substituents is 1. The van der Waals surface area contributed by atoms with Gasteiger partial charge < -0.3 is 0 Å². The Morgan fingerprint density at radius 3 is 2.47 bits per heavy atom. The molecule has 1 fully saturated rings. The SMILES string of the molecule is O=C1/C(=C/c2ccc([N+](=O)[O-])cc2)SC(=Nc2ncc(Cc3ccccc3Cl)s2)N1c1ccccc1. The van der Waals surface area contributed by atoms with Crippen LogP contribution in [-0.2, 0) is 11.2 Å². The number of anilines is 1. The second kappa shape index (κ2) is 10.4. The van der Waals surface area contributed by atoms with Gasteiger partial charge in [-0.25, -0.2) is 4.98 Å². The van der Waals surface area contributed by atoms with E-state index in [0.29, 0.717) is 37.9 Å². The molecule has 3 aromatic carbocycles. The van der Waals surface area contributed by atoms with Gasteiger partial charge in [0.05, 0.1) is 15.5 Å². The number of rotatable bonds is 6. The van der Waals surface area contributed by atoms with E-state index in [1.54, 1.807) is 29.3 Å². The van der Waals surface area contributed by atoms with Crippen LogP contribution in [0.4, 0.5) is 16.5 Å². The molecule has 0 atom stereocenters. The van der Waals surface area contributed by atoms with Crippen molar-refractivity contribution >= 4 is 68.4 Å². The summed E-state index contributed by atoms with van der Waals surface area (Å²) in [6, 6.07) is 23.0. The van der Waals surface area contributed by atoms with Gasteiger partial charge in [0.1, 0.15) is 0 Å². The maximum atomic E-state index is 13.4. The molecule has 0 unspecified atom stereocenters. The number of non-ortho nitro benzene ring substituents is 1. The van der Waals surface area contributed by atoms with E-state index in [-0.39, 0.29) is 11.6 Å². The largest absolute Gasteiger partial charge is 0.271 e. The van der Waals surface area contributed by atoms with Crippen LogP contribution in [0.15, 0.2) is 95.0 Å². The number of hydrogen-bond acceptors (Lipinski definition) is 7. The van der Waals surface area contributed by atoms with Crippen LogP contribution in [0.1, 0.15) is 16.0 Å². The number of amides is 1. The number of carbonyl (C=O) groups is 1. The van der Waals surface area contributed by atoms with Gasteiger partial charge in [0, 0.05) is 34.7 Å². The summed E-state index contributed by atoms with van der Waals surface area (Å²) in [7, 11) is 0. The smallest absolute Gasteiger partial charge is 0.268 e. The van der Waals surface area contributed by atoms with Gasteiger partial charge in [-0.3, -0.25) is 19.8 Å². The zero-order valence-electron chi connectivity index (χ0n) is 18.6. The van der Waals surface area contributed by atoms with Crippen LogP contribution < -0.4 is 4.90 Å². The summed E-state index contributed by atoms with van der Waals surface area (Å²) in [5, 5.41) is 12.7. The van der Waals surface area contributed by atoms with Crippen LogP contribution in [0.3, 0.4) is 0 Å². The Labute approximate surface area is 219 Å². The molecule has 0 bridgehead atoms. The Kier molecular flexibility index (Phi) is 6.95. The molecule has 178 valence electrons. The number of hydrogen-bond donors (Lipinski definition) is 0. The average molecular weight is 533 g/mol. The molecule has 7 nitrogen and oxygen atoms in total. The Morgan fingerprint density at radius 1 is 1.03 bits per heavy atom. The van der Waals surface area contributed by atoms with Crippen LogP contribution in [-0.4, -0.2) is 21.0 Å². The van der Waals surface area contributed by atoms with Crippen molar-refractivity contribution in [2.24, 2.45) is 4.99 Å². The van der Waals surface area contributed by atoms with Gasteiger partial charge in [-0.05, 0) is 59.3 Å². The molecule has 4 aromatic rings. The molecule has 1 amide bonds. The number of nitro groups is 1. The molecule has 5 rings (SSSR count). The third-order valence-electron chi connectivity index (χ3n) is 5.28. The van der Waals surface area contributed by atoms with E-state index in [9.17, 15) is 14.9 Å². The molecule has 0 spiro atoms. The van der Waals surface area contributed by atoms with Gasteiger partial charge in [-0.1, -0.05) is 59.3 Å². The summed E-state index contributed by atoms with van der Waals surface area (Å²) in [5.74, 6) is -0.226. The Balaban J connectivity index is 1.46. The van der Waals surface area contributed by atoms with Crippen LogP contribution >= 0.6 is 34.7 Å². The number of halogens is 1. The van der Waals surface area contributed by atoms with E-state index in [1.165, 1.54) is 35.2 Å². The predicted molar refractivity (Wildman–Crippen MR) is 146 cm³/mol. The number of thiazole rings is 1. The van der Waals surface area contributed by atoms with Crippen LogP contribution in [0.5, 0.6) is 0 Å². The summed E-state index contributed by atoms with van der Waals surface area (Å²) in [6.07, 6.45) is 4.12. The first-order valence-electron chi connectivity index (χ1n) is 10.8. The summed E-state index contributed by atoms with van der Waals surface area (Å²) in [5.41, 5.74) is 2.37. The van der Waals surface area contributed by atoms with Crippen molar-refractivity contribution in [2.45, 2.75) is 6.42 Å². The van der Waals surface area contributed by atoms with Crippen molar-refractivity contribution in [1.29, 1.82) is 0 Å². The van der Waals surface area contributed by atoms with Crippen molar-refractivity contribution in [2.75, 3.05) is 4.90 Å². The molecule has 1 aromatic heterocycles. The first-order chi connectivity index (χ1) is 17.5. The van der Waals surface area contributed by atoms with E-state index in [0.717, 1.165) is 10.4 Å². The lowest BCUT2D eigenvalue weighted by atomic mass is 10.1. The third-order valence-corrected chi connectivity index (χ3v) is 7.51. The van der Waals surface area contributed by atoms with E-state index in [2.05, 4.69) is 4.98 Å². The minimum atomic E-state index is -0.456. The highest BCUT2D eigenvalue weighted by atomic mass is 35.5. The van der Waals surface area contributed by atoms with E-state index in [1.807, 2.05) is 54.6 Å². The summed E-state index contributed by atoms with van der Waals surface area (Å²) < 4.78 is 0. The lowest BCUT2D eigenvalue weighted by Crippen LogP contribution is -2.28. The first kappa shape index (κ1) is 23.9. The van der Waals surface area contributed by atoms with Gasteiger partial charge in [0.15, 0.2) is 5.17 Å². The number of para-hydroxylation sites is 1. The fraction of sp³-hybridized carbons (Fsp3) is 0.0385. The second-order valence-electron chi connectivity index (χ2n) is 7.71. The van der Waals surface area contributed by atoms with Gasteiger partial charge in [-0.2, -0.15) is 4.99 Å². The minimum absolute atomic E-state index is 0.00733. The van der Waals surface area contributed by atoms with Gasteiger partial charge in [0.25, 0.3) is 11.6 Å². The fourth-order valence-corrected chi connectivity index (χ4v) is 5.59. The Hall–Kier alpha value is -3.79. The molecule has 2 heterocycles. The fourth-order valence-electron chi connectivity index (χ4n) is 3.54. The van der Waals surface area contributed by atoms with Crippen LogP contribution in [0.25, 0.3) is 6.08 Å². The lowest BCUT2D eigenvalue weighted by Gasteiger charge is -2.14. The maximum absolute atomic E-state index is 13.4. The monoisotopic (exact) mass is 532 g/mol. The number of aliphatic imine (C=N–C) groups is 1. The van der Waals surface area contributed by atoms with Crippen molar-refractivity contribution in [3.8, 4) is 0 Å². The standard InChI is InChI=1S/C26H17ClN4O3S2/c27-22-9-5-4-6-18(22)15-21-16-28-25(35-21)29-26-30(19-7-2-1-3-8-19)24(32)23(36-26)14-17-10-12-20(13-11-17)31(33)34/h1-14,16H,15H2/b23-14-,29-26?. The average Bonchev–Trinajstić information content (AvgIpc) is 3.45. The maximum Gasteiger partial charge on any atom is 0.271 e. The number of carbonyl (C=O) groups excluding carboxylic acids is 1. The van der Waals surface area contributed by atoms with E-state index in [4.69, 9.17) is 16.6 Å². The number of amidine groups is 1. The lowest BCUT2D eigenvalue weighted by molar-refractivity contribution is -0.384. The van der Waals surface area contributed by atoms with E-state index < -0.39 is 4.92 Å². The summed E-state index contributed by atoms with van der Waals surface area (Å²) in [6.45, 7) is 0. The van der Waals surface area contributed by atoms with Crippen LogP contribution in [0.2, 0.25) is 5.02 Å². The molecule has 0 N–H and O–H groups in total. The number of aromatic nitrogens is 1. The highest BCUT2D eigenvalue weighted by molar-refractivity contribution is 8.19. The minimum Gasteiger partial charge on any atom is -0.268 e. The highest BCUT2D eigenvalue weighted by Crippen LogP contribution is 2.38. The van der Waals surface area contributed by atoms with E-state index >= 15 is 0 Å². The second-order valence-corrected chi connectivity index (χ2v) is 10.2. The van der Waals surface area contributed by atoms with Crippen LogP contribution in [0, 0.1) is 10.1 Å². The predicted octanol–water partition coefficient (Wildman–Crippen LogP) is 7.10. The normalized spacial score (nSPS) is 15.7. The molecule has 1 aliphatic rings. The topological polar surface area (TPSA) is 88.7 Å². The summed E-state index contributed by atoms with van der Waals surface area (Å²) in [4.78, 5) is 36.0. The molecular weight excluding hydrogens is 516 g/mol. The first-order valence-corrected chi connectivity index (χ1v) is 12.8. The van der Waals surface area contributed by atoms with Gasteiger partial charge >= 0.3 is 0 Å². The van der Waals surface area contributed by atoms with Crippen molar-refractivity contribution in [3.05, 3.63) is 121 Å². The molecule has 0 saturated carbocycles. The molecular formula is C26H17ClN4O3S2. The highest BCUT2D eigenvalue weighted by Gasteiger charge is 2.35. The molecule has 0 radical (unpaired) electrons. The number of nitrogens with zero attached hydrogens (tertiary/aromatic N) is 4. The number of thioether (sulfide) groups is 1. The van der Waals surface area contributed by atoms with Crippen molar-refractivity contribution in [3.63, 3.8) is 0 Å². The molecule has 1 saturated heterocycles. The van der Waals surface area contributed by atoms with Gasteiger partial charge in [-0.15, -0.1) is 0 Å². The van der Waals surface area contributed by atoms with Crippen molar-refractivity contribution in [1.82, 2.24) is 4.98 Å². The molecule has 1 aliphatic heterocycles. The van der Waals surface area contributed by atoms with Crippen molar-refractivity contribution < 1.29 is 9.72 Å². The number of benzene rings is 3. The Morgan fingerprint density at radius 2 is 1.75 bits per heavy atom. The zero-order valence-corrected chi connectivity index (χ0v) is 21.0. The third kappa shape index (κ3) is 5.23. The summed E-state index contributed by atoms with van der Waals surface area (Å²) >= 11 is 8.97. The molecule has 36 heavy (non-hydrogen) atoms. The Bertz CT molecular complexity index is 1500. The van der Waals surface area contributed by atoms with Gasteiger partial charge in [0.2, 0.25) is 5.13 Å². The quantitative estimate of drug-likeness (QED) is 0.150. The molecule has 0 aliphatic carbocycles. The molecule has 10 heteroatoms. The zero-order chi connectivity index (χ0) is 25.1.